The highest BCUT2D eigenvalue weighted by atomic mass is 35.5. The number of carbonyl (C=O) groups is 1. The summed E-state index contributed by atoms with van der Waals surface area (Å²) in [6, 6.07) is 10.9. The Morgan fingerprint density at radius 1 is 1.28 bits per heavy atom. The number of nitrogens with zero attached hydrogens (tertiary/aromatic N) is 2. The lowest BCUT2D eigenvalue weighted by Crippen LogP contribution is -2.39. The molecule has 2 fully saturated rings. The molecule has 1 aliphatic carbocycles. The van der Waals surface area contributed by atoms with Crippen molar-refractivity contribution in [1.82, 2.24) is 14.9 Å². The molecule has 1 unspecified atom stereocenters. The maximum absolute atomic E-state index is 14.8. The second-order valence-corrected chi connectivity index (χ2v) is 10.5. The van der Waals surface area contributed by atoms with E-state index in [2.05, 4.69) is 16.4 Å². The molecular formula is C26H33ClFN3O4S. The fourth-order valence-electron chi connectivity index (χ4n) is 4.70. The average Bonchev–Trinajstić information content (AvgIpc) is 3.71. The van der Waals surface area contributed by atoms with Gasteiger partial charge in [-0.3, -0.25) is 20.3 Å². The van der Waals surface area contributed by atoms with Crippen molar-refractivity contribution in [2.24, 2.45) is 5.92 Å². The van der Waals surface area contributed by atoms with Crippen molar-refractivity contribution in [3.63, 3.8) is 0 Å². The summed E-state index contributed by atoms with van der Waals surface area (Å²) in [7, 11) is 1.71. The van der Waals surface area contributed by atoms with Crippen molar-refractivity contribution in [3.05, 3.63) is 63.9 Å². The first-order chi connectivity index (χ1) is 17.4. The maximum atomic E-state index is 14.8. The maximum Gasteiger partial charge on any atom is 0.271 e. The largest absolute Gasteiger partial charge is 0.493 e. The SMILES string of the molecule is COCC(c1cccc(Cl)c1)N1CCC(COc2cc(F)c(C(=O)NN(O)SC)cc2C2CC2)CC1. The molecule has 1 atom stereocenters. The molecule has 0 aromatic heterocycles. The summed E-state index contributed by atoms with van der Waals surface area (Å²) in [6.45, 7) is 2.91. The number of rotatable bonds is 11. The third-order valence-corrected chi connectivity index (χ3v) is 7.53. The van der Waals surface area contributed by atoms with Crippen LogP contribution < -0.4 is 10.2 Å². The number of nitrogens with one attached hydrogen (secondary N) is 1. The molecule has 36 heavy (non-hydrogen) atoms. The van der Waals surface area contributed by atoms with Crippen molar-refractivity contribution in [1.29, 1.82) is 0 Å². The molecule has 2 aromatic carbocycles. The van der Waals surface area contributed by atoms with E-state index in [1.165, 1.54) is 6.07 Å². The third-order valence-electron chi connectivity index (χ3n) is 6.85. The van der Waals surface area contributed by atoms with Crippen LogP contribution in [0.4, 0.5) is 4.39 Å². The predicted molar refractivity (Wildman–Crippen MR) is 139 cm³/mol. The van der Waals surface area contributed by atoms with Gasteiger partial charge in [-0.15, -0.1) is 0 Å². The van der Waals surface area contributed by atoms with E-state index in [1.807, 2.05) is 18.2 Å². The van der Waals surface area contributed by atoms with Crippen molar-refractivity contribution >= 4 is 29.5 Å². The number of piperidine rings is 1. The van der Waals surface area contributed by atoms with Crippen LogP contribution in [0.5, 0.6) is 5.75 Å². The molecule has 2 N–H and O–H groups in total. The lowest BCUT2D eigenvalue weighted by Gasteiger charge is -2.37. The number of likely N-dealkylation sites (tertiary alicyclic amines) is 1. The Hall–Kier alpha value is -1.88. The van der Waals surface area contributed by atoms with Crippen molar-refractivity contribution in [2.75, 3.05) is 39.7 Å². The fourth-order valence-corrected chi connectivity index (χ4v) is 5.07. The van der Waals surface area contributed by atoms with Crippen LogP contribution in [0.2, 0.25) is 5.02 Å². The molecule has 1 aliphatic heterocycles. The van der Waals surface area contributed by atoms with Gasteiger partial charge in [-0.25, -0.2) is 4.39 Å². The Bertz CT molecular complexity index is 1050. The summed E-state index contributed by atoms with van der Waals surface area (Å²) in [6.07, 6.45) is 5.49. The highest BCUT2D eigenvalue weighted by molar-refractivity contribution is 7.96. The molecule has 0 radical (unpaired) electrons. The van der Waals surface area contributed by atoms with Crippen LogP contribution >= 0.6 is 23.5 Å². The minimum Gasteiger partial charge on any atom is -0.493 e. The molecule has 196 valence electrons. The molecule has 7 nitrogen and oxygen atoms in total. The van der Waals surface area contributed by atoms with Crippen LogP contribution in [-0.4, -0.2) is 60.3 Å². The molecular weight excluding hydrogens is 505 g/mol. The van der Waals surface area contributed by atoms with Gasteiger partial charge in [-0.05, 0) is 96.5 Å². The average molecular weight is 538 g/mol. The summed E-state index contributed by atoms with van der Waals surface area (Å²) in [5.41, 5.74) is 4.13. The minimum absolute atomic E-state index is 0.101. The smallest absolute Gasteiger partial charge is 0.271 e. The van der Waals surface area contributed by atoms with E-state index < -0.39 is 11.7 Å². The van der Waals surface area contributed by atoms with E-state index in [0.29, 0.717) is 29.5 Å². The van der Waals surface area contributed by atoms with Gasteiger partial charge in [0.25, 0.3) is 5.91 Å². The van der Waals surface area contributed by atoms with Gasteiger partial charge in [0, 0.05) is 24.5 Å². The first-order valence-electron chi connectivity index (χ1n) is 12.2. The topological polar surface area (TPSA) is 74.3 Å². The number of hydrazine groups is 1. The normalized spacial score (nSPS) is 17.8. The van der Waals surface area contributed by atoms with Crippen LogP contribution in [0.1, 0.15) is 59.1 Å². The Labute approximate surface area is 220 Å². The number of ether oxygens (including phenoxy) is 2. The van der Waals surface area contributed by atoms with E-state index in [9.17, 15) is 14.4 Å². The molecule has 1 amide bonds. The monoisotopic (exact) mass is 537 g/mol. The predicted octanol–water partition coefficient (Wildman–Crippen LogP) is 5.45. The summed E-state index contributed by atoms with van der Waals surface area (Å²) in [4.78, 5) is 14.8. The van der Waals surface area contributed by atoms with Gasteiger partial charge in [0.2, 0.25) is 0 Å². The van der Waals surface area contributed by atoms with E-state index in [1.54, 1.807) is 19.4 Å². The third kappa shape index (κ3) is 6.90. The number of amides is 1. The van der Waals surface area contributed by atoms with Gasteiger partial charge in [-0.1, -0.05) is 23.7 Å². The van der Waals surface area contributed by atoms with Crippen molar-refractivity contribution in [3.8, 4) is 5.75 Å². The number of benzene rings is 2. The van der Waals surface area contributed by atoms with Gasteiger partial charge in [0.15, 0.2) is 0 Å². The summed E-state index contributed by atoms with van der Waals surface area (Å²) in [5.74, 6) is -0.231. The van der Waals surface area contributed by atoms with Crippen LogP contribution in [-0.2, 0) is 4.74 Å². The van der Waals surface area contributed by atoms with Gasteiger partial charge < -0.3 is 9.47 Å². The molecule has 1 heterocycles. The van der Waals surface area contributed by atoms with Crippen LogP contribution in [0, 0.1) is 11.7 Å². The van der Waals surface area contributed by atoms with Crippen LogP contribution in [0.15, 0.2) is 36.4 Å². The number of hydrogen-bond acceptors (Lipinski definition) is 7. The quantitative estimate of drug-likeness (QED) is 0.292. The Morgan fingerprint density at radius 3 is 2.67 bits per heavy atom. The minimum atomic E-state index is -0.699. The molecule has 2 aliphatic rings. The molecule has 0 bridgehead atoms. The van der Waals surface area contributed by atoms with Gasteiger partial charge in [0.05, 0.1) is 24.8 Å². The van der Waals surface area contributed by atoms with Crippen LogP contribution in [0.25, 0.3) is 0 Å². The summed E-state index contributed by atoms with van der Waals surface area (Å²) >= 11 is 7.12. The zero-order valence-corrected chi connectivity index (χ0v) is 22.2. The molecule has 0 spiro atoms. The van der Waals surface area contributed by atoms with Gasteiger partial charge >= 0.3 is 0 Å². The first kappa shape index (κ1) is 27.2. The second kappa shape index (κ2) is 12.6. The molecule has 2 aromatic rings. The highest BCUT2D eigenvalue weighted by Crippen LogP contribution is 2.45. The van der Waals surface area contributed by atoms with E-state index in [4.69, 9.17) is 21.1 Å². The van der Waals surface area contributed by atoms with Gasteiger partial charge in [-0.2, -0.15) is 0 Å². The fraction of sp³-hybridized carbons (Fsp3) is 0.500. The standard InChI is InChI=1S/C26H33ClFN3O4S/c1-34-16-24(19-4-3-5-20(27)12-19)30-10-8-17(9-11-30)15-35-25-14-23(28)22(13-21(25)18-6-7-18)26(32)29-31(33)36-2/h3-5,12-14,17-18,24,33H,6-11,15-16H2,1-2H3,(H,29,32). The zero-order chi connectivity index (χ0) is 25.7. The lowest BCUT2D eigenvalue weighted by molar-refractivity contribution is -0.0242. The Balaban J connectivity index is 1.37. The van der Waals surface area contributed by atoms with Crippen LogP contribution in [0.3, 0.4) is 0 Å². The summed E-state index contributed by atoms with van der Waals surface area (Å²) in [5, 5.41) is 10.2. The number of methoxy groups -OCH3 is 1. The van der Waals surface area contributed by atoms with E-state index in [0.717, 1.165) is 66.9 Å². The Morgan fingerprint density at radius 2 is 2.03 bits per heavy atom. The van der Waals surface area contributed by atoms with E-state index in [-0.39, 0.29) is 17.5 Å². The molecule has 1 saturated carbocycles. The first-order valence-corrected chi connectivity index (χ1v) is 13.7. The second-order valence-electron chi connectivity index (χ2n) is 9.36. The Kier molecular flexibility index (Phi) is 9.49. The van der Waals surface area contributed by atoms with Gasteiger partial charge in [0.1, 0.15) is 11.6 Å². The molecule has 1 saturated heterocycles. The zero-order valence-electron chi connectivity index (χ0n) is 20.6. The van der Waals surface area contributed by atoms with Crippen molar-refractivity contribution < 1.29 is 23.9 Å². The van der Waals surface area contributed by atoms with Crippen molar-refractivity contribution in [2.45, 2.75) is 37.6 Å². The number of carbonyl (C=O) groups excluding carboxylic acids is 1. The molecule has 4 rings (SSSR count). The number of halogens is 2. The number of hydrogen-bond donors (Lipinski definition) is 2. The summed E-state index contributed by atoms with van der Waals surface area (Å²) < 4.78 is 27.0. The lowest BCUT2D eigenvalue weighted by atomic mass is 9.95. The van der Waals surface area contributed by atoms with E-state index >= 15 is 0 Å². The highest BCUT2D eigenvalue weighted by Gasteiger charge is 2.31. The molecule has 10 heteroatoms.